The van der Waals surface area contributed by atoms with Crippen LogP contribution < -0.4 is 4.74 Å². The summed E-state index contributed by atoms with van der Waals surface area (Å²) < 4.78 is 31.9. The van der Waals surface area contributed by atoms with Gasteiger partial charge in [0.15, 0.2) is 0 Å². The van der Waals surface area contributed by atoms with Crippen molar-refractivity contribution in [3.8, 4) is 5.75 Å². The molecule has 118 valence electrons. The largest absolute Gasteiger partial charge is 0.494 e. The lowest BCUT2D eigenvalue weighted by Crippen LogP contribution is -2.46. The van der Waals surface area contributed by atoms with Gasteiger partial charge < -0.3 is 9.84 Å². The SMILES string of the molecule is CCOc1ccc(S(=O)(=O)N(C)[C@H]2CCCC[C@@H]2O)cc1. The van der Waals surface area contributed by atoms with Gasteiger partial charge in [-0.05, 0) is 44.0 Å². The molecular formula is C15H23NO4S. The minimum absolute atomic E-state index is 0.228. The van der Waals surface area contributed by atoms with Gasteiger partial charge in [-0.1, -0.05) is 12.8 Å². The van der Waals surface area contributed by atoms with Crippen molar-refractivity contribution in [2.24, 2.45) is 0 Å². The highest BCUT2D eigenvalue weighted by atomic mass is 32.2. The number of sulfonamides is 1. The summed E-state index contributed by atoms with van der Waals surface area (Å²) in [6.45, 7) is 2.42. The van der Waals surface area contributed by atoms with Gasteiger partial charge in [0.2, 0.25) is 10.0 Å². The fourth-order valence-corrected chi connectivity index (χ4v) is 4.15. The average Bonchev–Trinajstić information content (AvgIpc) is 2.48. The molecule has 5 nitrogen and oxygen atoms in total. The first-order valence-electron chi connectivity index (χ1n) is 7.35. The second kappa shape index (κ2) is 6.77. The summed E-state index contributed by atoms with van der Waals surface area (Å²) in [4.78, 5) is 0.228. The number of likely N-dealkylation sites (N-methyl/N-ethyl adjacent to an activating group) is 1. The normalized spacial score (nSPS) is 23.2. The van der Waals surface area contributed by atoms with Gasteiger partial charge in [-0.2, -0.15) is 4.31 Å². The molecule has 0 aliphatic heterocycles. The topological polar surface area (TPSA) is 66.8 Å². The van der Waals surface area contributed by atoms with Crippen molar-refractivity contribution in [2.45, 2.75) is 49.6 Å². The van der Waals surface area contributed by atoms with E-state index in [1.807, 2.05) is 6.92 Å². The number of aliphatic hydroxyl groups excluding tert-OH is 1. The molecule has 21 heavy (non-hydrogen) atoms. The van der Waals surface area contributed by atoms with Crippen molar-refractivity contribution in [2.75, 3.05) is 13.7 Å². The molecule has 2 rings (SSSR count). The Hall–Kier alpha value is -1.11. The molecule has 1 saturated carbocycles. The molecule has 0 aromatic heterocycles. The molecule has 1 fully saturated rings. The standard InChI is InChI=1S/C15H23NO4S/c1-3-20-12-8-10-13(11-9-12)21(18,19)16(2)14-6-4-5-7-15(14)17/h8-11,14-15,17H,3-7H2,1-2H3/t14-,15-/m0/s1. The molecule has 0 saturated heterocycles. The van der Waals surface area contributed by atoms with Crippen molar-refractivity contribution in [1.29, 1.82) is 0 Å². The third-order valence-electron chi connectivity index (χ3n) is 3.97. The number of aliphatic hydroxyl groups is 1. The summed E-state index contributed by atoms with van der Waals surface area (Å²) in [7, 11) is -2.04. The molecule has 1 aliphatic carbocycles. The van der Waals surface area contributed by atoms with Gasteiger partial charge in [0.25, 0.3) is 0 Å². The van der Waals surface area contributed by atoms with Gasteiger partial charge in [0, 0.05) is 7.05 Å². The molecule has 2 atom stereocenters. The van der Waals surface area contributed by atoms with Gasteiger partial charge in [-0.25, -0.2) is 8.42 Å². The maximum absolute atomic E-state index is 12.6. The molecule has 0 radical (unpaired) electrons. The first-order chi connectivity index (χ1) is 9.96. The van der Waals surface area contributed by atoms with E-state index in [1.165, 1.54) is 4.31 Å². The Morgan fingerprint density at radius 1 is 1.24 bits per heavy atom. The first-order valence-corrected chi connectivity index (χ1v) is 8.79. The fraction of sp³-hybridized carbons (Fsp3) is 0.600. The number of hydrogen-bond acceptors (Lipinski definition) is 4. The highest BCUT2D eigenvalue weighted by Crippen LogP contribution is 2.27. The first kappa shape index (κ1) is 16.3. The number of rotatable bonds is 5. The Morgan fingerprint density at radius 2 is 1.86 bits per heavy atom. The maximum atomic E-state index is 12.6. The van der Waals surface area contributed by atoms with Gasteiger partial charge in [-0.3, -0.25) is 0 Å². The molecular weight excluding hydrogens is 290 g/mol. The highest BCUT2D eigenvalue weighted by molar-refractivity contribution is 7.89. The fourth-order valence-electron chi connectivity index (χ4n) is 2.73. The number of nitrogens with zero attached hydrogens (tertiary/aromatic N) is 1. The zero-order chi connectivity index (χ0) is 15.5. The Kier molecular flexibility index (Phi) is 5.24. The van der Waals surface area contributed by atoms with Crippen LogP contribution in [0.15, 0.2) is 29.2 Å². The highest BCUT2D eigenvalue weighted by Gasteiger charge is 2.34. The number of ether oxygens (including phenoxy) is 1. The van der Waals surface area contributed by atoms with E-state index in [2.05, 4.69) is 0 Å². The maximum Gasteiger partial charge on any atom is 0.243 e. The van der Waals surface area contributed by atoms with Crippen molar-refractivity contribution in [3.05, 3.63) is 24.3 Å². The third-order valence-corrected chi connectivity index (χ3v) is 5.87. The number of hydrogen-bond donors (Lipinski definition) is 1. The van der Waals surface area contributed by atoms with Crippen LogP contribution in [0.25, 0.3) is 0 Å². The zero-order valence-corrected chi connectivity index (χ0v) is 13.3. The molecule has 0 bridgehead atoms. The van der Waals surface area contributed by atoms with Crippen LogP contribution >= 0.6 is 0 Å². The van der Waals surface area contributed by atoms with Gasteiger partial charge in [-0.15, -0.1) is 0 Å². The van der Waals surface area contributed by atoms with E-state index in [1.54, 1.807) is 31.3 Å². The van der Waals surface area contributed by atoms with Crippen LogP contribution in [-0.4, -0.2) is 43.6 Å². The minimum atomic E-state index is -3.59. The van der Waals surface area contributed by atoms with E-state index >= 15 is 0 Å². The van der Waals surface area contributed by atoms with Crippen LogP contribution in [0.2, 0.25) is 0 Å². The molecule has 1 aliphatic rings. The molecule has 1 aromatic carbocycles. The van der Waals surface area contributed by atoms with Crippen LogP contribution in [0, 0.1) is 0 Å². The van der Waals surface area contributed by atoms with E-state index in [0.717, 1.165) is 12.8 Å². The predicted octanol–water partition coefficient (Wildman–Crippen LogP) is 2.01. The summed E-state index contributed by atoms with van der Waals surface area (Å²) in [6.07, 6.45) is 2.68. The summed E-state index contributed by atoms with van der Waals surface area (Å²) in [6, 6.07) is 6.07. The van der Waals surface area contributed by atoms with Crippen LogP contribution in [0.3, 0.4) is 0 Å². The molecule has 0 spiro atoms. The molecule has 0 amide bonds. The minimum Gasteiger partial charge on any atom is -0.494 e. The lowest BCUT2D eigenvalue weighted by molar-refractivity contribution is 0.0638. The van der Waals surface area contributed by atoms with E-state index < -0.39 is 16.1 Å². The lowest BCUT2D eigenvalue weighted by Gasteiger charge is -2.34. The van der Waals surface area contributed by atoms with E-state index in [0.29, 0.717) is 25.2 Å². The van der Waals surface area contributed by atoms with Gasteiger partial charge in [0.05, 0.1) is 23.6 Å². The molecule has 0 unspecified atom stereocenters. The van der Waals surface area contributed by atoms with Crippen LogP contribution in [0.4, 0.5) is 0 Å². The van der Waals surface area contributed by atoms with Crippen LogP contribution in [-0.2, 0) is 10.0 Å². The lowest BCUT2D eigenvalue weighted by atomic mass is 9.93. The van der Waals surface area contributed by atoms with Crippen molar-refractivity contribution < 1.29 is 18.3 Å². The van der Waals surface area contributed by atoms with Crippen molar-refractivity contribution in [3.63, 3.8) is 0 Å². The Morgan fingerprint density at radius 3 is 2.43 bits per heavy atom. The van der Waals surface area contributed by atoms with Crippen molar-refractivity contribution in [1.82, 2.24) is 4.31 Å². The van der Waals surface area contributed by atoms with Crippen LogP contribution in [0.5, 0.6) is 5.75 Å². The van der Waals surface area contributed by atoms with E-state index in [-0.39, 0.29) is 10.9 Å². The summed E-state index contributed by atoms with van der Waals surface area (Å²) >= 11 is 0. The predicted molar refractivity (Wildman–Crippen MR) is 80.8 cm³/mol. The summed E-state index contributed by atoms with van der Waals surface area (Å²) in [5.41, 5.74) is 0. The second-order valence-corrected chi connectivity index (χ2v) is 7.34. The average molecular weight is 313 g/mol. The Labute approximate surface area is 126 Å². The Balaban J connectivity index is 2.19. The molecule has 1 aromatic rings. The van der Waals surface area contributed by atoms with E-state index in [4.69, 9.17) is 4.74 Å². The van der Waals surface area contributed by atoms with Crippen molar-refractivity contribution >= 4 is 10.0 Å². The third kappa shape index (κ3) is 3.56. The quantitative estimate of drug-likeness (QED) is 0.903. The van der Waals surface area contributed by atoms with Crippen LogP contribution in [0.1, 0.15) is 32.6 Å². The molecule has 6 heteroatoms. The summed E-state index contributed by atoms with van der Waals surface area (Å²) in [5.74, 6) is 0.650. The smallest absolute Gasteiger partial charge is 0.243 e. The van der Waals surface area contributed by atoms with Gasteiger partial charge >= 0.3 is 0 Å². The monoisotopic (exact) mass is 313 g/mol. The molecule has 0 heterocycles. The van der Waals surface area contributed by atoms with E-state index in [9.17, 15) is 13.5 Å². The Bertz CT molecular complexity index is 556. The zero-order valence-electron chi connectivity index (χ0n) is 12.5. The second-order valence-electron chi connectivity index (χ2n) is 5.34. The number of benzene rings is 1. The van der Waals surface area contributed by atoms with Gasteiger partial charge in [0.1, 0.15) is 5.75 Å². The molecule has 1 N–H and O–H groups in total. The summed E-state index contributed by atoms with van der Waals surface area (Å²) in [5, 5.41) is 10.0.